The van der Waals surface area contributed by atoms with Crippen molar-refractivity contribution in [2.75, 3.05) is 9.80 Å². The molecule has 0 bridgehead atoms. The number of nitrogens with zero attached hydrogens (tertiary/aromatic N) is 2. The Hall–Kier alpha value is -8.02. The third-order valence-corrected chi connectivity index (χ3v) is 24.7. The molecule has 91 heavy (non-hydrogen) atoms. The molecule has 4 aliphatic carbocycles. The Morgan fingerprint density at radius 3 is 1.78 bits per heavy atom. The van der Waals surface area contributed by atoms with E-state index in [1.807, 2.05) is 0 Å². The zero-order valence-electron chi connectivity index (χ0n) is 56.2. The Morgan fingerprint density at radius 2 is 1.09 bits per heavy atom. The van der Waals surface area contributed by atoms with E-state index in [-0.39, 0.29) is 50.5 Å². The number of fused-ring (bicyclic) bond motifs is 14. The van der Waals surface area contributed by atoms with E-state index in [4.69, 9.17) is 8.83 Å². The highest BCUT2D eigenvalue weighted by molar-refractivity contribution is 6.98. The SMILES string of the molecule is Cc1cc2c(cc1N1c3cc(N(c4ccc(-c5ccccc5)cc4)c4ccc(C(C)(C)C)cc4)cc4c3B(c3cc(-c5cccc6oc7ccccc7c56)cc5c3C4C3(C)CCCCC53C)c3oc4cc5c(cc4c31)C(C)(C)CCC5(C)C)C(C)(C)CCC2(C)C. The molecule has 0 spiro atoms. The molecule has 456 valence electrons. The first-order chi connectivity index (χ1) is 43.3. The highest BCUT2D eigenvalue weighted by Gasteiger charge is 2.63. The van der Waals surface area contributed by atoms with Gasteiger partial charge in [0.05, 0.1) is 11.3 Å². The Bertz CT molecular complexity index is 4870. The lowest BCUT2D eigenvalue weighted by atomic mass is 9.32. The third kappa shape index (κ3) is 8.07. The summed E-state index contributed by atoms with van der Waals surface area (Å²) in [5.74, 6) is 0.115. The molecule has 3 atom stereocenters. The molecule has 0 N–H and O–H groups in total. The predicted octanol–water partition coefficient (Wildman–Crippen LogP) is 22.0. The highest BCUT2D eigenvalue weighted by Crippen LogP contribution is 2.68. The minimum atomic E-state index is -0.202. The lowest BCUT2D eigenvalue weighted by Gasteiger charge is -2.50. The fourth-order valence-corrected chi connectivity index (χ4v) is 19.0. The van der Waals surface area contributed by atoms with E-state index >= 15 is 0 Å². The first-order valence-electron chi connectivity index (χ1n) is 34.3. The zero-order chi connectivity index (χ0) is 62.8. The maximum Gasteiger partial charge on any atom is 0.293 e. The number of furan rings is 2. The van der Waals surface area contributed by atoms with Crippen LogP contribution >= 0.6 is 0 Å². The summed E-state index contributed by atoms with van der Waals surface area (Å²) in [7, 11) is 0. The van der Waals surface area contributed by atoms with Crippen LogP contribution in [0.3, 0.4) is 0 Å². The molecule has 0 amide bonds. The van der Waals surface area contributed by atoms with E-state index in [2.05, 4.69) is 277 Å². The molecule has 9 aromatic carbocycles. The topological polar surface area (TPSA) is 32.8 Å². The van der Waals surface area contributed by atoms with Crippen molar-refractivity contribution in [1.29, 1.82) is 0 Å². The fourth-order valence-electron chi connectivity index (χ4n) is 19.0. The third-order valence-electron chi connectivity index (χ3n) is 24.7. The first kappa shape index (κ1) is 56.9. The number of hydrogen-bond donors (Lipinski definition) is 0. The van der Waals surface area contributed by atoms with Crippen LogP contribution in [0.25, 0.3) is 55.2 Å². The van der Waals surface area contributed by atoms with E-state index in [9.17, 15) is 0 Å². The molecule has 11 aromatic rings. The molecule has 0 radical (unpaired) electrons. The molecular weight excluding hydrogens is 1100 g/mol. The quantitative estimate of drug-likeness (QED) is 0.155. The van der Waals surface area contributed by atoms with E-state index in [1.54, 1.807) is 0 Å². The smallest absolute Gasteiger partial charge is 0.293 e. The molecule has 2 aromatic heterocycles. The molecule has 4 heterocycles. The van der Waals surface area contributed by atoms with Crippen LogP contribution in [0.5, 0.6) is 0 Å². The molecule has 0 saturated heterocycles. The van der Waals surface area contributed by atoms with Gasteiger partial charge in [0.15, 0.2) is 0 Å². The first-order valence-corrected chi connectivity index (χ1v) is 34.3. The molecule has 17 rings (SSSR count). The van der Waals surface area contributed by atoms with Gasteiger partial charge in [0, 0.05) is 50.5 Å². The van der Waals surface area contributed by atoms with Gasteiger partial charge in [-0.15, -0.1) is 0 Å². The van der Waals surface area contributed by atoms with Crippen LogP contribution in [0.1, 0.15) is 197 Å². The number of anilines is 6. The minimum absolute atomic E-state index is 0.00759. The van der Waals surface area contributed by atoms with E-state index in [0.717, 1.165) is 77.7 Å². The second-order valence-electron chi connectivity index (χ2n) is 32.9. The van der Waals surface area contributed by atoms with E-state index in [0.29, 0.717) is 0 Å². The number of benzene rings is 9. The summed E-state index contributed by atoms with van der Waals surface area (Å²) >= 11 is 0. The number of hydrogen-bond acceptors (Lipinski definition) is 4. The monoisotopic (exact) mass is 1190 g/mol. The molecule has 2 aliphatic heterocycles. The summed E-state index contributed by atoms with van der Waals surface area (Å²) in [6.07, 6.45) is 9.26. The number of para-hydroxylation sites is 1. The number of rotatable bonds is 6. The normalized spacial score (nSPS) is 21.9. The zero-order valence-corrected chi connectivity index (χ0v) is 56.2. The predicted molar refractivity (Wildman–Crippen MR) is 385 cm³/mol. The average Bonchev–Trinajstić information content (AvgIpc) is 1.50. The van der Waals surface area contributed by atoms with Crippen LogP contribution in [0.4, 0.5) is 34.1 Å². The summed E-state index contributed by atoms with van der Waals surface area (Å²) in [5, 5.41) is 3.56. The van der Waals surface area contributed by atoms with Crippen LogP contribution in [0.15, 0.2) is 179 Å². The van der Waals surface area contributed by atoms with Gasteiger partial charge in [-0.05, 0) is 228 Å². The Labute approximate surface area is 540 Å². The van der Waals surface area contributed by atoms with Crippen molar-refractivity contribution >= 4 is 90.3 Å². The van der Waals surface area contributed by atoms with Crippen molar-refractivity contribution in [2.45, 2.75) is 187 Å². The molecule has 1 saturated carbocycles. The van der Waals surface area contributed by atoms with Crippen LogP contribution in [0, 0.1) is 12.3 Å². The van der Waals surface area contributed by atoms with Gasteiger partial charge < -0.3 is 18.6 Å². The maximum absolute atomic E-state index is 8.06. The van der Waals surface area contributed by atoms with Crippen molar-refractivity contribution in [3.8, 4) is 22.3 Å². The summed E-state index contributed by atoms with van der Waals surface area (Å²) < 4.78 is 14.8. The highest BCUT2D eigenvalue weighted by atomic mass is 16.3. The summed E-state index contributed by atoms with van der Waals surface area (Å²) in [6, 6.07) is 66.1. The van der Waals surface area contributed by atoms with E-state index < -0.39 is 0 Å². The summed E-state index contributed by atoms with van der Waals surface area (Å²) in [4.78, 5) is 5.36. The second-order valence-corrected chi connectivity index (χ2v) is 32.9. The van der Waals surface area contributed by atoms with Gasteiger partial charge in [-0.25, -0.2) is 0 Å². The van der Waals surface area contributed by atoms with Crippen molar-refractivity contribution in [3.05, 3.63) is 220 Å². The van der Waals surface area contributed by atoms with Gasteiger partial charge in [0.25, 0.3) is 6.71 Å². The molecule has 1 fully saturated rings. The van der Waals surface area contributed by atoms with Gasteiger partial charge in [-0.1, -0.05) is 211 Å². The summed E-state index contributed by atoms with van der Waals surface area (Å²) in [6.45, 7) is 34.4. The average molecular weight is 1190 g/mol. The summed E-state index contributed by atoms with van der Waals surface area (Å²) in [5.41, 5.74) is 31.5. The maximum atomic E-state index is 8.06. The van der Waals surface area contributed by atoms with Gasteiger partial charge in [-0.3, -0.25) is 0 Å². The molecule has 4 nitrogen and oxygen atoms in total. The van der Waals surface area contributed by atoms with E-state index in [1.165, 1.54) is 130 Å². The molecule has 6 aliphatic rings. The van der Waals surface area contributed by atoms with Crippen molar-refractivity contribution in [3.63, 3.8) is 0 Å². The molecule has 3 unspecified atom stereocenters. The lowest BCUT2D eigenvalue weighted by Crippen LogP contribution is -2.62. The largest absolute Gasteiger partial charge is 0.468 e. The lowest BCUT2D eigenvalue weighted by molar-refractivity contribution is 0.0926. The Morgan fingerprint density at radius 1 is 0.484 bits per heavy atom. The standard InChI is InChI=1S/C86H87BN2O2/c1-51-43-63-65(83(9,10)41-39-81(63,5)6)49-69(51)89-70-47-58(88(57-35-31-55(32-36-57)80(2,3)4)56-33-29-53(30-34-56)52-23-16-15-17-24-52)46-62-76-75-67(85(13)37-20-21-38-86(76,85)14)44-54(59-26-22-28-72-74(59)60-25-18-19-27-71(60)90-72)45-68(75)87(77(62)70)79-78(89)61-48-64-66(50-73(61)91-79)84(11,12)42-40-82(64,7)8/h15-19,22-36,43-50,76H,20-21,37-42H2,1-14H3. The van der Waals surface area contributed by atoms with Crippen LogP contribution in [0.2, 0.25) is 0 Å². The van der Waals surface area contributed by atoms with Crippen LogP contribution in [-0.4, -0.2) is 6.71 Å². The molecular formula is C86H87BN2O2. The van der Waals surface area contributed by atoms with Gasteiger partial charge in [0.1, 0.15) is 16.7 Å². The van der Waals surface area contributed by atoms with Crippen LogP contribution in [-0.2, 0) is 32.5 Å². The van der Waals surface area contributed by atoms with Gasteiger partial charge >= 0.3 is 0 Å². The second kappa shape index (κ2) is 19.1. The fraction of sp³-hybridized carbons (Fsp3) is 0.349. The van der Waals surface area contributed by atoms with Crippen molar-refractivity contribution in [1.82, 2.24) is 0 Å². The van der Waals surface area contributed by atoms with Gasteiger partial charge in [0.2, 0.25) is 0 Å². The van der Waals surface area contributed by atoms with Crippen molar-refractivity contribution < 1.29 is 8.83 Å². The van der Waals surface area contributed by atoms with Gasteiger partial charge in [-0.2, -0.15) is 0 Å². The van der Waals surface area contributed by atoms with Crippen LogP contribution < -0.4 is 26.4 Å². The Balaban J connectivity index is 1.03. The minimum Gasteiger partial charge on any atom is -0.468 e. The molecule has 5 heteroatoms. The van der Waals surface area contributed by atoms with Crippen molar-refractivity contribution in [2.24, 2.45) is 5.41 Å². The Kier molecular flexibility index (Phi) is 11.9. The number of aryl methyl sites for hydroxylation is 1.